The van der Waals surface area contributed by atoms with Crippen molar-refractivity contribution in [2.24, 2.45) is 5.92 Å². The molecule has 1 unspecified atom stereocenters. The predicted molar refractivity (Wildman–Crippen MR) is 76.3 cm³/mol. The minimum absolute atomic E-state index is 0.0857. The van der Waals surface area contributed by atoms with Crippen LogP contribution in [-0.2, 0) is 9.53 Å². The van der Waals surface area contributed by atoms with Crippen LogP contribution >= 0.6 is 0 Å². The third-order valence-electron chi connectivity index (χ3n) is 2.80. The SMILES string of the molecule is CCOc1cccc(NC(C(=O)OC)C(C)C)c1N. The highest BCUT2D eigenvalue weighted by Gasteiger charge is 2.23. The summed E-state index contributed by atoms with van der Waals surface area (Å²) in [5.74, 6) is 0.388. The van der Waals surface area contributed by atoms with Crippen LogP contribution in [-0.4, -0.2) is 25.7 Å². The Balaban J connectivity index is 2.96. The maximum absolute atomic E-state index is 11.7. The Bertz CT molecular complexity index is 433. The Kier molecular flexibility index (Phi) is 5.48. The van der Waals surface area contributed by atoms with E-state index in [1.54, 1.807) is 6.07 Å². The number of carbonyl (C=O) groups is 1. The number of ether oxygens (including phenoxy) is 2. The number of nitrogens with two attached hydrogens (primary N) is 1. The molecule has 0 saturated carbocycles. The van der Waals surface area contributed by atoms with Crippen molar-refractivity contribution in [2.75, 3.05) is 24.8 Å². The second kappa shape index (κ2) is 6.87. The molecule has 1 atom stereocenters. The van der Waals surface area contributed by atoms with E-state index in [4.69, 9.17) is 15.2 Å². The first-order valence-corrected chi connectivity index (χ1v) is 6.36. The van der Waals surface area contributed by atoms with E-state index in [0.717, 1.165) is 0 Å². The third kappa shape index (κ3) is 3.77. The molecule has 1 rings (SSSR count). The number of methoxy groups -OCH3 is 1. The lowest BCUT2D eigenvalue weighted by atomic mass is 10.0. The number of para-hydroxylation sites is 1. The van der Waals surface area contributed by atoms with Gasteiger partial charge in [-0.15, -0.1) is 0 Å². The molecule has 3 N–H and O–H groups in total. The van der Waals surface area contributed by atoms with E-state index in [1.807, 2.05) is 32.9 Å². The molecule has 1 aromatic carbocycles. The number of hydrogen-bond acceptors (Lipinski definition) is 5. The number of benzene rings is 1. The lowest BCUT2D eigenvalue weighted by Gasteiger charge is -2.22. The first kappa shape index (κ1) is 15.1. The maximum atomic E-state index is 11.7. The average Bonchev–Trinajstić information content (AvgIpc) is 2.38. The Morgan fingerprint density at radius 2 is 2.11 bits per heavy atom. The summed E-state index contributed by atoms with van der Waals surface area (Å²) in [6.45, 7) is 6.32. The number of rotatable bonds is 6. The van der Waals surface area contributed by atoms with Gasteiger partial charge in [-0.2, -0.15) is 0 Å². The van der Waals surface area contributed by atoms with E-state index in [0.29, 0.717) is 23.7 Å². The Hall–Kier alpha value is -1.91. The molecular formula is C14H22N2O3. The molecule has 0 aromatic heterocycles. The number of carbonyl (C=O) groups excluding carboxylic acids is 1. The molecule has 5 nitrogen and oxygen atoms in total. The lowest BCUT2D eigenvalue weighted by molar-refractivity contribution is -0.142. The Morgan fingerprint density at radius 1 is 1.42 bits per heavy atom. The van der Waals surface area contributed by atoms with Crippen molar-refractivity contribution in [1.82, 2.24) is 0 Å². The maximum Gasteiger partial charge on any atom is 0.328 e. The summed E-state index contributed by atoms with van der Waals surface area (Å²) in [6, 6.07) is 5.00. The summed E-state index contributed by atoms with van der Waals surface area (Å²) in [5, 5.41) is 3.12. The van der Waals surface area contributed by atoms with Gasteiger partial charge in [0.05, 0.1) is 25.1 Å². The van der Waals surface area contributed by atoms with E-state index in [-0.39, 0.29) is 11.9 Å². The van der Waals surface area contributed by atoms with Crippen molar-refractivity contribution in [3.8, 4) is 5.75 Å². The zero-order valence-electron chi connectivity index (χ0n) is 11.9. The van der Waals surface area contributed by atoms with Crippen molar-refractivity contribution in [1.29, 1.82) is 0 Å². The highest BCUT2D eigenvalue weighted by molar-refractivity contribution is 5.82. The molecule has 106 valence electrons. The van der Waals surface area contributed by atoms with Crippen molar-refractivity contribution in [2.45, 2.75) is 26.8 Å². The fraction of sp³-hybridized carbons (Fsp3) is 0.500. The van der Waals surface area contributed by atoms with Gasteiger partial charge in [-0.25, -0.2) is 4.79 Å². The van der Waals surface area contributed by atoms with Gasteiger partial charge in [0.15, 0.2) is 0 Å². The predicted octanol–water partition coefficient (Wildman–Crippen LogP) is 2.28. The second-order valence-corrected chi connectivity index (χ2v) is 4.54. The van der Waals surface area contributed by atoms with Crippen LogP contribution in [0.2, 0.25) is 0 Å². The molecule has 0 amide bonds. The standard InChI is InChI=1S/C14H22N2O3/c1-5-19-11-8-6-7-10(12(11)15)16-13(9(2)3)14(17)18-4/h6-9,13,16H,5,15H2,1-4H3. The summed E-state index contributed by atoms with van der Waals surface area (Å²) in [4.78, 5) is 11.7. The van der Waals surface area contributed by atoms with Crippen LogP contribution in [0.3, 0.4) is 0 Å². The highest BCUT2D eigenvalue weighted by Crippen LogP contribution is 2.30. The molecule has 0 radical (unpaired) electrons. The number of nitrogen functional groups attached to an aromatic ring is 1. The molecule has 0 aliphatic rings. The second-order valence-electron chi connectivity index (χ2n) is 4.54. The molecule has 19 heavy (non-hydrogen) atoms. The molecule has 0 heterocycles. The van der Waals surface area contributed by atoms with Gasteiger partial charge in [0.25, 0.3) is 0 Å². The summed E-state index contributed by atoms with van der Waals surface area (Å²) in [5.41, 5.74) is 7.19. The zero-order valence-corrected chi connectivity index (χ0v) is 11.9. The van der Waals surface area contributed by atoms with Crippen LogP contribution < -0.4 is 15.8 Å². The van der Waals surface area contributed by atoms with E-state index in [1.165, 1.54) is 7.11 Å². The van der Waals surface area contributed by atoms with Crippen molar-refractivity contribution in [3.63, 3.8) is 0 Å². The molecule has 0 aliphatic carbocycles. The van der Waals surface area contributed by atoms with Crippen LogP contribution in [0.1, 0.15) is 20.8 Å². The molecule has 0 bridgehead atoms. The van der Waals surface area contributed by atoms with Crippen LogP contribution in [0.5, 0.6) is 5.75 Å². The van der Waals surface area contributed by atoms with Gasteiger partial charge >= 0.3 is 5.97 Å². The molecular weight excluding hydrogens is 244 g/mol. The van der Waals surface area contributed by atoms with Gasteiger partial charge in [-0.05, 0) is 25.0 Å². The molecule has 0 aliphatic heterocycles. The van der Waals surface area contributed by atoms with Gasteiger partial charge < -0.3 is 20.5 Å². The first-order chi connectivity index (χ1) is 9.01. The fourth-order valence-corrected chi connectivity index (χ4v) is 1.74. The smallest absolute Gasteiger partial charge is 0.328 e. The van der Waals surface area contributed by atoms with Gasteiger partial charge in [-0.1, -0.05) is 19.9 Å². The van der Waals surface area contributed by atoms with Gasteiger partial charge in [0, 0.05) is 0 Å². The topological polar surface area (TPSA) is 73.6 Å². The highest BCUT2D eigenvalue weighted by atomic mass is 16.5. The van der Waals surface area contributed by atoms with Gasteiger partial charge in [0.1, 0.15) is 11.8 Å². The van der Waals surface area contributed by atoms with Crippen LogP contribution in [0.15, 0.2) is 18.2 Å². The normalized spacial score (nSPS) is 12.1. The minimum Gasteiger partial charge on any atom is -0.492 e. The first-order valence-electron chi connectivity index (χ1n) is 6.36. The van der Waals surface area contributed by atoms with E-state index < -0.39 is 6.04 Å². The molecule has 0 fully saturated rings. The zero-order chi connectivity index (χ0) is 14.4. The molecule has 5 heteroatoms. The Morgan fingerprint density at radius 3 is 2.63 bits per heavy atom. The Labute approximate surface area is 114 Å². The van der Waals surface area contributed by atoms with Crippen LogP contribution in [0.25, 0.3) is 0 Å². The van der Waals surface area contributed by atoms with E-state index in [2.05, 4.69) is 5.32 Å². The lowest BCUT2D eigenvalue weighted by Crippen LogP contribution is -2.35. The van der Waals surface area contributed by atoms with Gasteiger partial charge in [-0.3, -0.25) is 0 Å². The quantitative estimate of drug-likeness (QED) is 0.610. The number of esters is 1. The van der Waals surface area contributed by atoms with Crippen LogP contribution in [0.4, 0.5) is 11.4 Å². The number of nitrogens with one attached hydrogen (secondary N) is 1. The average molecular weight is 266 g/mol. The largest absolute Gasteiger partial charge is 0.492 e. The minimum atomic E-state index is -0.441. The summed E-state index contributed by atoms with van der Waals surface area (Å²) >= 11 is 0. The molecule has 1 aromatic rings. The van der Waals surface area contributed by atoms with Crippen LogP contribution in [0, 0.1) is 5.92 Å². The van der Waals surface area contributed by atoms with Crippen molar-refractivity contribution in [3.05, 3.63) is 18.2 Å². The van der Waals surface area contributed by atoms with Crippen molar-refractivity contribution >= 4 is 17.3 Å². The molecule has 0 saturated heterocycles. The molecule has 0 spiro atoms. The summed E-state index contributed by atoms with van der Waals surface area (Å²) in [6.07, 6.45) is 0. The summed E-state index contributed by atoms with van der Waals surface area (Å²) < 4.78 is 10.2. The van der Waals surface area contributed by atoms with E-state index in [9.17, 15) is 4.79 Å². The van der Waals surface area contributed by atoms with Gasteiger partial charge in [0.2, 0.25) is 0 Å². The third-order valence-corrected chi connectivity index (χ3v) is 2.80. The summed E-state index contributed by atoms with van der Waals surface area (Å²) in [7, 11) is 1.37. The van der Waals surface area contributed by atoms with Crippen molar-refractivity contribution < 1.29 is 14.3 Å². The van der Waals surface area contributed by atoms with E-state index >= 15 is 0 Å². The number of hydrogen-bond donors (Lipinski definition) is 2. The number of anilines is 2. The fourth-order valence-electron chi connectivity index (χ4n) is 1.74. The monoisotopic (exact) mass is 266 g/mol.